The van der Waals surface area contributed by atoms with Crippen molar-refractivity contribution in [1.82, 2.24) is 20.0 Å². The number of nitrogens with zero attached hydrogens (tertiary/aromatic N) is 3. The van der Waals surface area contributed by atoms with E-state index in [0.717, 1.165) is 21.5 Å². The van der Waals surface area contributed by atoms with E-state index in [2.05, 4.69) is 63.1 Å². The molecule has 4 rings (SSSR count). The zero-order valence-electron chi connectivity index (χ0n) is 19.6. The van der Waals surface area contributed by atoms with Gasteiger partial charge in [-0.15, -0.1) is 0 Å². The van der Waals surface area contributed by atoms with Gasteiger partial charge in [-0.2, -0.15) is 10.2 Å². The predicted octanol–water partition coefficient (Wildman–Crippen LogP) is 6.49. The van der Waals surface area contributed by atoms with Crippen molar-refractivity contribution < 1.29 is 9.47 Å². The van der Waals surface area contributed by atoms with Crippen molar-refractivity contribution in [3.63, 3.8) is 0 Å². The minimum Gasteiger partial charge on any atom is -0.494 e. The Labute approximate surface area is 248 Å². The third-order valence-electron chi connectivity index (χ3n) is 4.54. The topological polar surface area (TPSA) is 99.1 Å². The number of methoxy groups -OCH3 is 2. The molecule has 2 aromatic heterocycles. The number of aromatic nitrogens is 4. The Balaban J connectivity index is 0.000000214. The molecule has 0 saturated heterocycles. The van der Waals surface area contributed by atoms with Crippen LogP contribution in [0.2, 0.25) is 10.0 Å². The lowest BCUT2D eigenvalue weighted by Gasteiger charge is -2.08. The number of H-pyrrole nitrogens is 1. The third-order valence-corrected chi connectivity index (χ3v) is 7.36. The second-order valence-corrected chi connectivity index (χ2v) is 9.85. The van der Waals surface area contributed by atoms with Crippen LogP contribution in [0.25, 0.3) is 0 Å². The van der Waals surface area contributed by atoms with Crippen molar-refractivity contribution >= 4 is 71.0 Å². The number of alkyl halides is 1. The van der Waals surface area contributed by atoms with Crippen molar-refractivity contribution in [2.75, 3.05) is 14.2 Å². The van der Waals surface area contributed by atoms with Crippen LogP contribution in [-0.4, -0.2) is 34.2 Å². The van der Waals surface area contributed by atoms with Crippen LogP contribution in [0.15, 0.2) is 79.5 Å². The number of benzene rings is 2. The summed E-state index contributed by atoms with van der Waals surface area (Å²) in [6.45, 7) is 0.321. The molecule has 0 bridgehead atoms. The van der Waals surface area contributed by atoms with Gasteiger partial charge in [-0.05, 0) is 55.1 Å². The molecule has 0 spiro atoms. The molecule has 196 valence electrons. The van der Waals surface area contributed by atoms with Gasteiger partial charge in [-0.3, -0.25) is 9.59 Å². The maximum atomic E-state index is 12.0. The molecule has 0 aliphatic heterocycles. The van der Waals surface area contributed by atoms with Gasteiger partial charge in [-0.25, -0.2) is 9.78 Å². The first-order valence-electron chi connectivity index (χ1n) is 10.3. The molecule has 4 aromatic rings. The summed E-state index contributed by atoms with van der Waals surface area (Å²) in [7, 11) is 2.96. The summed E-state index contributed by atoms with van der Waals surface area (Å²) in [6.07, 6.45) is 2.91. The minimum atomic E-state index is -0.292. The molecule has 0 fully saturated rings. The number of nitrogens with one attached hydrogen (secondary N) is 1. The quantitative estimate of drug-likeness (QED) is 0.235. The highest BCUT2D eigenvalue weighted by Gasteiger charge is 2.10. The van der Waals surface area contributed by atoms with Gasteiger partial charge in [0.15, 0.2) is 11.5 Å². The molecular weight excluding hydrogens is 719 g/mol. The van der Waals surface area contributed by atoms with Crippen molar-refractivity contribution in [1.29, 1.82) is 0 Å². The molecule has 0 atom stereocenters. The summed E-state index contributed by atoms with van der Waals surface area (Å²) in [5.74, 6) is 0.846. The van der Waals surface area contributed by atoms with E-state index >= 15 is 0 Å². The van der Waals surface area contributed by atoms with E-state index in [1.54, 1.807) is 6.07 Å². The fourth-order valence-electron chi connectivity index (χ4n) is 2.61. The van der Waals surface area contributed by atoms with E-state index in [9.17, 15) is 9.59 Å². The zero-order valence-corrected chi connectivity index (χ0v) is 25.8. The highest BCUT2D eigenvalue weighted by Crippen LogP contribution is 2.20. The summed E-state index contributed by atoms with van der Waals surface area (Å²) in [5.41, 5.74) is 1.43. The molecule has 2 aromatic carbocycles. The molecule has 2 heterocycles. The second-order valence-electron chi connectivity index (χ2n) is 6.89. The minimum absolute atomic E-state index is 0.255. The maximum absolute atomic E-state index is 12.0. The van der Waals surface area contributed by atoms with E-state index in [0.29, 0.717) is 32.0 Å². The molecule has 37 heavy (non-hydrogen) atoms. The number of halogens is 5. The number of ether oxygens (including phenoxy) is 2. The first kappa shape index (κ1) is 31.0. The molecule has 0 radical (unpaired) electrons. The number of rotatable bonds is 5. The van der Waals surface area contributed by atoms with Gasteiger partial charge < -0.3 is 9.47 Å². The molecule has 1 N–H and O–H groups in total. The van der Waals surface area contributed by atoms with E-state index < -0.39 is 0 Å². The highest BCUT2D eigenvalue weighted by molar-refractivity contribution is 9.11. The first-order valence-corrected chi connectivity index (χ1v) is 13.8. The molecule has 0 unspecified atom stereocenters. The Hall–Kier alpha value is -2.18. The van der Waals surface area contributed by atoms with Crippen molar-refractivity contribution in [2.45, 2.75) is 11.9 Å². The van der Waals surface area contributed by atoms with Crippen LogP contribution in [0.4, 0.5) is 0 Å². The standard InChI is InChI=1S/C12H10BrClN2O2.C7H6BrCl.C5H5BrN2O2/c1-18-10-6-15-16(12(17)11(10)13)7-8-4-2-3-5-9(8)14;8-5-6-3-1-2-4-7(6)9;1-10-3-2-7-8-5(9)4(3)6/h2-6H,7H2,1H3;1-4H,5H2;2H,1H3,(H,8,9). The lowest BCUT2D eigenvalue weighted by molar-refractivity contribution is 0.403. The van der Waals surface area contributed by atoms with Crippen LogP contribution in [0.3, 0.4) is 0 Å². The van der Waals surface area contributed by atoms with Crippen molar-refractivity contribution in [2.24, 2.45) is 0 Å². The normalized spacial score (nSPS) is 9.92. The van der Waals surface area contributed by atoms with Crippen LogP contribution in [0, 0.1) is 0 Å². The van der Waals surface area contributed by atoms with Gasteiger partial charge in [0.25, 0.3) is 11.1 Å². The fraction of sp³-hybridized carbons (Fsp3) is 0.167. The SMILES string of the molecule is COc1cn[nH]c(=O)c1Br.COc1cnn(Cc2ccccc2Cl)c(=O)c1Br.Clc1ccccc1CBr. The van der Waals surface area contributed by atoms with Gasteiger partial charge in [-0.1, -0.05) is 75.5 Å². The monoisotopic (exact) mass is 736 g/mol. The predicted molar refractivity (Wildman–Crippen MR) is 156 cm³/mol. The molecule has 13 heteroatoms. The van der Waals surface area contributed by atoms with Crippen LogP contribution in [0.5, 0.6) is 11.5 Å². The van der Waals surface area contributed by atoms with Gasteiger partial charge in [0.1, 0.15) is 8.95 Å². The Morgan fingerprint density at radius 1 is 0.865 bits per heavy atom. The van der Waals surface area contributed by atoms with E-state index in [1.165, 1.54) is 31.3 Å². The van der Waals surface area contributed by atoms with Crippen molar-refractivity contribution in [3.8, 4) is 11.5 Å². The Morgan fingerprint density at radius 2 is 1.41 bits per heavy atom. The van der Waals surface area contributed by atoms with Crippen LogP contribution < -0.4 is 20.6 Å². The smallest absolute Gasteiger partial charge is 0.285 e. The lowest BCUT2D eigenvalue weighted by atomic mass is 10.2. The molecule has 0 aliphatic rings. The number of hydrogen-bond acceptors (Lipinski definition) is 6. The summed E-state index contributed by atoms with van der Waals surface area (Å²) in [5, 5.41) is 12.1. The van der Waals surface area contributed by atoms with Gasteiger partial charge in [0.2, 0.25) is 0 Å². The summed E-state index contributed by atoms with van der Waals surface area (Å²) in [6, 6.07) is 15.1. The number of hydrogen-bond donors (Lipinski definition) is 1. The molecule has 0 aliphatic carbocycles. The molecule has 0 amide bonds. The number of aromatic amines is 1. The summed E-state index contributed by atoms with van der Waals surface area (Å²) >= 11 is 21.4. The lowest BCUT2D eigenvalue weighted by Crippen LogP contribution is -2.24. The van der Waals surface area contributed by atoms with Crippen LogP contribution >= 0.6 is 71.0 Å². The third kappa shape index (κ3) is 9.26. The van der Waals surface area contributed by atoms with E-state index in [-0.39, 0.29) is 11.1 Å². The van der Waals surface area contributed by atoms with Crippen molar-refractivity contribution in [3.05, 3.63) is 112 Å². The molecule has 8 nitrogen and oxygen atoms in total. The van der Waals surface area contributed by atoms with Gasteiger partial charge >= 0.3 is 0 Å². The Morgan fingerprint density at radius 3 is 1.89 bits per heavy atom. The summed E-state index contributed by atoms with van der Waals surface area (Å²) < 4.78 is 11.8. The van der Waals surface area contributed by atoms with Crippen LogP contribution in [0.1, 0.15) is 11.1 Å². The average Bonchev–Trinajstić information content (AvgIpc) is 2.91. The van der Waals surface area contributed by atoms with Gasteiger partial charge in [0, 0.05) is 15.4 Å². The van der Waals surface area contributed by atoms with Gasteiger partial charge in [0.05, 0.1) is 33.2 Å². The average molecular weight is 740 g/mol. The fourth-order valence-corrected chi connectivity index (χ4v) is 4.48. The summed E-state index contributed by atoms with van der Waals surface area (Å²) in [4.78, 5) is 22.7. The maximum Gasteiger partial charge on any atom is 0.285 e. The second kappa shape index (κ2) is 15.9. The molecular formula is C24H21Br3Cl2N4O4. The first-order chi connectivity index (χ1) is 17.7. The van der Waals surface area contributed by atoms with E-state index in [4.69, 9.17) is 32.7 Å². The largest absolute Gasteiger partial charge is 0.494 e. The Kier molecular flexibility index (Phi) is 13.4. The highest BCUT2D eigenvalue weighted by atomic mass is 79.9. The Bertz CT molecular complexity index is 1430. The molecule has 0 saturated carbocycles. The van der Waals surface area contributed by atoms with E-state index in [1.807, 2.05) is 42.5 Å². The zero-order chi connectivity index (χ0) is 27.4. The van der Waals surface area contributed by atoms with Crippen LogP contribution in [-0.2, 0) is 11.9 Å².